The van der Waals surface area contributed by atoms with Crippen LogP contribution in [0.1, 0.15) is 58.6 Å². The minimum atomic E-state index is -0.811. The first-order valence-corrected chi connectivity index (χ1v) is 12.4. The summed E-state index contributed by atoms with van der Waals surface area (Å²) >= 11 is 0. The van der Waals surface area contributed by atoms with Crippen molar-refractivity contribution in [3.63, 3.8) is 0 Å². The minimum Gasteiger partial charge on any atom is -0.493 e. The topological polar surface area (TPSA) is 86.3 Å². The van der Waals surface area contributed by atoms with Gasteiger partial charge in [0.2, 0.25) is 0 Å². The largest absolute Gasteiger partial charge is 0.493 e. The van der Waals surface area contributed by atoms with E-state index >= 15 is 0 Å². The van der Waals surface area contributed by atoms with E-state index in [9.17, 15) is 9.59 Å². The van der Waals surface area contributed by atoms with E-state index in [1.54, 1.807) is 27.9 Å². The summed E-state index contributed by atoms with van der Waals surface area (Å²) in [6.07, 6.45) is 4.32. The fourth-order valence-electron chi connectivity index (χ4n) is 5.31. The van der Waals surface area contributed by atoms with E-state index < -0.39 is 29.8 Å². The number of amides is 1. The highest BCUT2D eigenvalue weighted by molar-refractivity contribution is 5.82. The van der Waals surface area contributed by atoms with Gasteiger partial charge in [0.25, 0.3) is 0 Å². The van der Waals surface area contributed by atoms with Crippen LogP contribution in [0.4, 0.5) is 4.79 Å². The molecule has 2 heterocycles. The molecular formula is C27H38N2O6. The molecule has 192 valence electrons. The number of benzene rings is 1. The van der Waals surface area contributed by atoms with Crippen molar-refractivity contribution in [2.75, 3.05) is 20.7 Å². The molecular weight excluding hydrogens is 448 g/mol. The van der Waals surface area contributed by atoms with E-state index in [4.69, 9.17) is 18.9 Å². The zero-order valence-corrected chi connectivity index (χ0v) is 21.8. The average molecular weight is 487 g/mol. The summed E-state index contributed by atoms with van der Waals surface area (Å²) in [6, 6.07) is 3.28. The number of hydrogen-bond acceptors (Lipinski definition) is 7. The van der Waals surface area contributed by atoms with E-state index in [0.29, 0.717) is 6.42 Å². The van der Waals surface area contributed by atoms with E-state index in [0.717, 1.165) is 31.0 Å². The second-order valence-electron chi connectivity index (χ2n) is 11.2. The average Bonchev–Trinajstić information content (AvgIpc) is 3.02. The zero-order chi connectivity index (χ0) is 25.5. The summed E-state index contributed by atoms with van der Waals surface area (Å²) < 4.78 is 23.3. The number of nitrogens with one attached hydrogen (secondary N) is 1. The Kier molecular flexibility index (Phi) is 6.79. The van der Waals surface area contributed by atoms with Gasteiger partial charge < -0.3 is 29.2 Å². The lowest BCUT2D eigenvalue weighted by Crippen LogP contribution is -2.49. The first-order valence-electron chi connectivity index (χ1n) is 12.4. The molecule has 0 saturated carbocycles. The molecule has 1 aromatic carbocycles. The van der Waals surface area contributed by atoms with Gasteiger partial charge in [0.15, 0.2) is 11.5 Å². The number of methoxy groups -OCH3 is 1. The Bertz CT molecular complexity index is 1010. The molecule has 3 aliphatic rings. The van der Waals surface area contributed by atoms with Crippen molar-refractivity contribution in [2.45, 2.75) is 83.3 Å². The summed E-state index contributed by atoms with van der Waals surface area (Å²) in [5, 5.41) is 2.67. The molecule has 8 nitrogen and oxygen atoms in total. The molecule has 1 aliphatic carbocycles. The van der Waals surface area contributed by atoms with E-state index in [1.165, 1.54) is 11.1 Å². The first-order chi connectivity index (χ1) is 16.4. The molecule has 1 N–H and O–H groups in total. The molecule has 8 heteroatoms. The van der Waals surface area contributed by atoms with Gasteiger partial charge in [-0.3, -0.25) is 0 Å². The minimum absolute atomic E-state index is 0.162. The van der Waals surface area contributed by atoms with E-state index in [-0.39, 0.29) is 17.4 Å². The van der Waals surface area contributed by atoms with Gasteiger partial charge in [-0.25, -0.2) is 9.59 Å². The number of carbonyl (C=O) groups is 2. The predicted octanol–water partition coefficient (Wildman–Crippen LogP) is 3.95. The van der Waals surface area contributed by atoms with Gasteiger partial charge in [-0.05, 0) is 64.4 Å². The number of ether oxygens (including phenoxy) is 4. The first kappa shape index (κ1) is 25.4. The van der Waals surface area contributed by atoms with Gasteiger partial charge in [0, 0.05) is 18.5 Å². The van der Waals surface area contributed by atoms with Crippen LogP contribution >= 0.6 is 0 Å². The Hall–Kier alpha value is -2.74. The summed E-state index contributed by atoms with van der Waals surface area (Å²) in [7, 11) is 3.79. The lowest BCUT2D eigenvalue weighted by molar-refractivity contribution is -0.152. The molecule has 2 aliphatic heterocycles. The van der Waals surface area contributed by atoms with Gasteiger partial charge in [-0.15, -0.1) is 0 Å². The molecule has 4 rings (SSSR count). The molecule has 1 amide bonds. The summed E-state index contributed by atoms with van der Waals surface area (Å²) in [5.41, 5.74) is 1.50. The quantitative estimate of drug-likeness (QED) is 0.498. The fraction of sp³-hybridized carbons (Fsp3) is 0.630. The second kappa shape index (κ2) is 9.37. The Morgan fingerprint density at radius 2 is 2.00 bits per heavy atom. The lowest BCUT2D eigenvalue weighted by atomic mass is 9.69. The monoisotopic (exact) mass is 486 g/mol. The van der Waals surface area contributed by atoms with Gasteiger partial charge in [-0.1, -0.05) is 26.0 Å². The third kappa shape index (κ3) is 4.99. The van der Waals surface area contributed by atoms with Crippen LogP contribution in [0.5, 0.6) is 11.5 Å². The van der Waals surface area contributed by atoms with Crippen LogP contribution in [-0.4, -0.2) is 61.5 Å². The molecule has 0 fully saturated rings. The molecule has 0 bridgehead atoms. The van der Waals surface area contributed by atoms with Crippen LogP contribution < -0.4 is 14.8 Å². The van der Waals surface area contributed by atoms with Gasteiger partial charge >= 0.3 is 12.1 Å². The standard InChI is InChI=1S/C27H38N2O6/c1-16(2)22(28-25(31)35-26(3,4)5)24(30)33-18-10-11-27-12-13-29(6)15-17-8-9-19(32-7)23(21(17)27)34-20(27)14-18/h8-11,16,18,20,22H,12-15H2,1-7H3,(H,28,31). The van der Waals surface area contributed by atoms with Gasteiger partial charge in [0.1, 0.15) is 23.9 Å². The maximum absolute atomic E-state index is 13.1. The fourth-order valence-corrected chi connectivity index (χ4v) is 5.31. The van der Waals surface area contributed by atoms with Crippen molar-refractivity contribution < 1.29 is 28.5 Å². The number of esters is 1. The second-order valence-corrected chi connectivity index (χ2v) is 11.2. The molecule has 0 aromatic heterocycles. The van der Waals surface area contributed by atoms with Crippen molar-refractivity contribution >= 4 is 12.1 Å². The number of nitrogens with zero attached hydrogens (tertiary/aromatic N) is 1. The number of rotatable bonds is 5. The van der Waals surface area contributed by atoms with Crippen LogP contribution in [-0.2, 0) is 26.2 Å². The zero-order valence-electron chi connectivity index (χ0n) is 21.8. The Morgan fingerprint density at radius 3 is 2.66 bits per heavy atom. The predicted molar refractivity (Wildman–Crippen MR) is 132 cm³/mol. The molecule has 0 saturated heterocycles. The van der Waals surface area contributed by atoms with Crippen molar-refractivity contribution in [3.05, 3.63) is 35.4 Å². The molecule has 0 radical (unpaired) electrons. The molecule has 1 aromatic rings. The molecule has 4 unspecified atom stereocenters. The highest BCUT2D eigenvalue weighted by Gasteiger charge is 2.53. The van der Waals surface area contributed by atoms with Crippen LogP contribution in [0.3, 0.4) is 0 Å². The van der Waals surface area contributed by atoms with Crippen LogP contribution in [0.2, 0.25) is 0 Å². The Labute approximate surface area is 207 Å². The molecule has 35 heavy (non-hydrogen) atoms. The van der Waals surface area contributed by atoms with Crippen molar-refractivity contribution in [1.82, 2.24) is 10.2 Å². The lowest BCUT2D eigenvalue weighted by Gasteiger charge is -2.37. The molecule has 4 atom stereocenters. The summed E-state index contributed by atoms with van der Waals surface area (Å²) in [6.45, 7) is 10.8. The van der Waals surface area contributed by atoms with Crippen LogP contribution in [0, 0.1) is 5.92 Å². The third-order valence-corrected chi connectivity index (χ3v) is 6.99. The highest BCUT2D eigenvalue weighted by atomic mass is 16.6. The van der Waals surface area contributed by atoms with Gasteiger partial charge in [0.05, 0.1) is 12.5 Å². The maximum atomic E-state index is 13.1. The van der Waals surface area contributed by atoms with Crippen LogP contribution in [0.25, 0.3) is 0 Å². The normalized spacial score (nSPS) is 26.2. The number of hydrogen-bond donors (Lipinski definition) is 1. The van der Waals surface area contributed by atoms with Crippen molar-refractivity contribution in [3.8, 4) is 11.5 Å². The van der Waals surface area contributed by atoms with E-state index in [1.807, 2.05) is 26.0 Å². The third-order valence-electron chi connectivity index (χ3n) is 6.99. The van der Waals surface area contributed by atoms with Crippen LogP contribution in [0.15, 0.2) is 24.3 Å². The number of carbonyl (C=O) groups excluding carboxylic acids is 2. The highest BCUT2D eigenvalue weighted by Crippen LogP contribution is 2.55. The van der Waals surface area contributed by atoms with Crippen molar-refractivity contribution in [1.29, 1.82) is 0 Å². The smallest absolute Gasteiger partial charge is 0.408 e. The SMILES string of the molecule is COc1ccc2c3c1OC1CC(OC(=O)C(NC(=O)OC(C)(C)C)C(C)C)C=CC31CCN(C)C2. The Morgan fingerprint density at radius 1 is 1.26 bits per heavy atom. The van der Waals surface area contributed by atoms with E-state index in [2.05, 4.69) is 29.4 Å². The summed E-state index contributed by atoms with van der Waals surface area (Å²) in [4.78, 5) is 27.7. The summed E-state index contributed by atoms with van der Waals surface area (Å²) in [5.74, 6) is 0.884. The Balaban J connectivity index is 1.53. The number of alkyl carbamates (subject to hydrolysis) is 1. The van der Waals surface area contributed by atoms with Gasteiger partial charge in [-0.2, -0.15) is 0 Å². The van der Waals surface area contributed by atoms with Crippen molar-refractivity contribution in [2.24, 2.45) is 5.92 Å². The molecule has 1 spiro atoms. The maximum Gasteiger partial charge on any atom is 0.408 e.